The van der Waals surface area contributed by atoms with E-state index in [9.17, 15) is 4.79 Å². The van der Waals surface area contributed by atoms with Gasteiger partial charge in [0.15, 0.2) is 5.75 Å². The number of aromatic nitrogens is 2. The molecule has 0 aliphatic rings. The lowest BCUT2D eigenvalue weighted by atomic mass is 10.1. The van der Waals surface area contributed by atoms with Gasteiger partial charge in [-0.1, -0.05) is 13.0 Å². The van der Waals surface area contributed by atoms with E-state index < -0.39 is 0 Å². The Labute approximate surface area is 123 Å². The highest BCUT2D eigenvalue weighted by atomic mass is 16.5. The zero-order valence-electron chi connectivity index (χ0n) is 12.5. The van der Waals surface area contributed by atoms with Crippen molar-refractivity contribution in [1.29, 1.82) is 0 Å². The molecule has 1 amide bonds. The molecule has 0 aliphatic heterocycles. The Morgan fingerprint density at radius 2 is 2.19 bits per heavy atom. The van der Waals surface area contributed by atoms with Crippen molar-refractivity contribution < 1.29 is 9.53 Å². The van der Waals surface area contributed by atoms with Crippen LogP contribution < -0.4 is 15.8 Å². The predicted molar refractivity (Wildman–Crippen MR) is 82.6 cm³/mol. The third-order valence-electron chi connectivity index (χ3n) is 3.07. The molecule has 1 aromatic carbocycles. The lowest BCUT2D eigenvalue weighted by molar-refractivity contribution is 0.102. The van der Waals surface area contributed by atoms with Gasteiger partial charge >= 0.3 is 0 Å². The monoisotopic (exact) mass is 288 g/mol. The second kappa shape index (κ2) is 6.30. The van der Waals surface area contributed by atoms with Gasteiger partial charge in [0.1, 0.15) is 0 Å². The zero-order chi connectivity index (χ0) is 15.4. The fourth-order valence-corrected chi connectivity index (χ4v) is 2.13. The molecule has 1 heterocycles. The number of hydrogen-bond donors (Lipinski definition) is 2. The van der Waals surface area contributed by atoms with Gasteiger partial charge in [-0.2, -0.15) is 5.10 Å². The average molecular weight is 288 g/mol. The first-order valence-electron chi connectivity index (χ1n) is 6.92. The Balaban J connectivity index is 2.30. The maximum atomic E-state index is 12.5. The molecule has 112 valence electrons. The quantitative estimate of drug-likeness (QED) is 0.826. The fraction of sp³-hybridized carbons (Fsp3) is 0.333. The number of hydrogen-bond acceptors (Lipinski definition) is 4. The highest BCUT2D eigenvalue weighted by Crippen LogP contribution is 2.27. The molecule has 0 atom stereocenters. The highest BCUT2D eigenvalue weighted by molar-refractivity contribution is 6.07. The number of amides is 1. The Bertz CT molecular complexity index is 649. The minimum Gasteiger partial charge on any atom is -0.491 e. The molecule has 0 spiro atoms. The number of nitrogens with one attached hydrogen (secondary N) is 1. The summed E-state index contributed by atoms with van der Waals surface area (Å²) >= 11 is 0. The molecule has 1 aromatic heterocycles. The van der Waals surface area contributed by atoms with Crippen LogP contribution in [-0.2, 0) is 13.5 Å². The van der Waals surface area contributed by atoms with Crippen molar-refractivity contribution in [3.63, 3.8) is 0 Å². The molecule has 0 bridgehead atoms. The molecule has 0 radical (unpaired) electrons. The number of carbonyl (C=O) groups excluding carboxylic acids is 1. The van der Waals surface area contributed by atoms with E-state index in [1.165, 1.54) is 0 Å². The second-order valence-electron chi connectivity index (χ2n) is 4.63. The predicted octanol–water partition coefficient (Wildman–Crippen LogP) is 2.22. The third kappa shape index (κ3) is 3.16. The number of para-hydroxylation sites is 1. The molecule has 6 heteroatoms. The SMILES string of the molecule is CCOc1c(N)cccc1C(=O)Nc1cn(C)nc1CC. The van der Waals surface area contributed by atoms with Crippen LogP contribution in [0.5, 0.6) is 5.75 Å². The van der Waals surface area contributed by atoms with Crippen LogP contribution in [0, 0.1) is 0 Å². The van der Waals surface area contributed by atoms with Crippen LogP contribution >= 0.6 is 0 Å². The van der Waals surface area contributed by atoms with Crippen molar-refractivity contribution >= 4 is 17.3 Å². The van der Waals surface area contributed by atoms with Crippen LogP contribution in [0.4, 0.5) is 11.4 Å². The minimum atomic E-state index is -0.256. The van der Waals surface area contributed by atoms with Gasteiger partial charge < -0.3 is 15.8 Å². The van der Waals surface area contributed by atoms with E-state index in [2.05, 4.69) is 10.4 Å². The van der Waals surface area contributed by atoms with Crippen LogP contribution in [0.2, 0.25) is 0 Å². The van der Waals surface area contributed by atoms with Gasteiger partial charge in [0, 0.05) is 13.2 Å². The van der Waals surface area contributed by atoms with Gasteiger partial charge in [0.2, 0.25) is 0 Å². The third-order valence-corrected chi connectivity index (χ3v) is 3.07. The van der Waals surface area contributed by atoms with Crippen LogP contribution in [-0.4, -0.2) is 22.3 Å². The molecule has 0 fully saturated rings. The molecule has 0 aliphatic carbocycles. The number of nitrogens with zero attached hydrogens (tertiary/aromatic N) is 2. The second-order valence-corrected chi connectivity index (χ2v) is 4.63. The number of rotatable bonds is 5. The first-order chi connectivity index (χ1) is 10.1. The molecule has 3 N–H and O–H groups in total. The lowest BCUT2D eigenvalue weighted by Gasteiger charge is -2.12. The van der Waals surface area contributed by atoms with Crippen molar-refractivity contribution in [3.05, 3.63) is 35.7 Å². The molecule has 6 nitrogen and oxygen atoms in total. The fourth-order valence-electron chi connectivity index (χ4n) is 2.13. The Kier molecular flexibility index (Phi) is 4.47. The molecule has 2 rings (SSSR count). The smallest absolute Gasteiger partial charge is 0.259 e. The van der Waals surface area contributed by atoms with Crippen LogP contribution in [0.1, 0.15) is 29.9 Å². The van der Waals surface area contributed by atoms with Gasteiger partial charge in [-0.15, -0.1) is 0 Å². The molecule has 0 unspecified atom stereocenters. The average Bonchev–Trinajstić information content (AvgIpc) is 2.81. The van der Waals surface area contributed by atoms with Crippen molar-refractivity contribution in [2.75, 3.05) is 17.7 Å². The van der Waals surface area contributed by atoms with E-state index in [1.807, 2.05) is 20.9 Å². The van der Waals surface area contributed by atoms with Gasteiger partial charge in [-0.3, -0.25) is 9.48 Å². The van der Waals surface area contributed by atoms with Crippen LogP contribution in [0.25, 0.3) is 0 Å². The van der Waals surface area contributed by atoms with Gasteiger partial charge in [-0.25, -0.2) is 0 Å². The molecular formula is C15H20N4O2. The summed E-state index contributed by atoms with van der Waals surface area (Å²) < 4.78 is 7.16. The highest BCUT2D eigenvalue weighted by Gasteiger charge is 2.17. The topological polar surface area (TPSA) is 82.2 Å². The van der Waals surface area contributed by atoms with E-state index >= 15 is 0 Å². The number of anilines is 2. The number of carbonyl (C=O) groups is 1. The molecule has 2 aromatic rings. The number of benzene rings is 1. The van der Waals surface area contributed by atoms with E-state index in [0.717, 1.165) is 12.1 Å². The minimum absolute atomic E-state index is 0.256. The summed E-state index contributed by atoms with van der Waals surface area (Å²) in [7, 11) is 1.82. The number of nitrogen functional groups attached to an aromatic ring is 1. The largest absolute Gasteiger partial charge is 0.491 e. The maximum absolute atomic E-state index is 12.5. The first kappa shape index (κ1) is 14.9. The van der Waals surface area contributed by atoms with E-state index in [4.69, 9.17) is 10.5 Å². The molecular weight excluding hydrogens is 268 g/mol. The Morgan fingerprint density at radius 1 is 1.43 bits per heavy atom. The summed E-state index contributed by atoms with van der Waals surface area (Å²) in [6.45, 7) is 4.29. The van der Waals surface area contributed by atoms with Crippen molar-refractivity contribution in [1.82, 2.24) is 9.78 Å². The van der Waals surface area contributed by atoms with Gasteiger partial charge in [0.05, 0.1) is 29.2 Å². The summed E-state index contributed by atoms with van der Waals surface area (Å²) in [5.41, 5.74) is 8.29. The van der Waals surface area contributed by atoms with Crippen molar-refractivity contribution in [2.45, 2.75) is 20.3 Å². The summed E-state index contributed by atoms with van der Waals surface area (Å²) in [5.74, 6) is 0.160. The zero-order valence-corrected chi connectivity index (χ0v) is 12.5. The lowest BCUT2D eigenvalue weighted by Crippen LogP contribution is -2.15. The standard InChI is InChI=1S/C15H20N4O2/c1-4-12-13(9-19(3)18-12)17-15(20)10-7-6-8-11(16)14(10)21-5-2/h6-9H,4-5,16H2,1-3H3,(H,17,20). The van der Waals surface area contributed by atoms with Gasteiger partial charge in [0.25, 0.3) is 5.91 Å². The Hall–Kier alpha value is -2.50. The molecule has 0 saturated heterocycles. The number of aryl methyl sites for hydroxylation is 2. The Morgan fingerprint density at radius 3 is 2.86 bits per heavy atom. The summed E-state index contributed by atoms with van der Waals surface area (Å²) in [6, 6.07) is 5.14. The molecule has 21 heavy (non-hydrogen) atoms. The summed E-state index contributed by atoms with van der Waals surface area (Å²) in [5, 5.41) is 7.16. The normalized spacial score (nSPS) is 10.4. The van der Waals surface area contributed by atoms with E-state index in [0.29, 0.717) is 29.3 Å². The first-order valence-corrected chi connectivity index (χ1v) is 6.92. The summed E-state index contributed by atoms with van der Waals surface area (Å²) in [6.07, 6.45) is 2.52. The number of nitrogens with two attached hydrogens (primary N) is 1. The van der Waals surface area contributed by atoms with E-state index in [-0.39, 0.29) is 5.91 Å². The van der Waals surface area contributed by atoms with Crippen LogP contribution in [0.15, 0.2) is 24.4 Å². The maximum Gasteiger partial charge on any atom is 0.259 e. The van der Waals surface area contributed by atoms with Crippen molar-refractivity contribution in [2.24, 2.45) is 7.05 Å². The van der Waals surface area contributed by atoms with Crippen molar-refractivity contribution in [3.8, 4) is 5.75 Å². The number of ether oxygens (including phenoxy) is 1. The van der Waals surface area contributed by atoms with E-state index in [1.54, 1.807) is 29.1 Å². The van der Waals surface area contributed by atoms with Gasteiger partial charge in [-0.05, 0) is 25.5 Å². The summed E-state index contributed by atoms with van der Waals surface area (Å²) in [4.78, 5) is 12.5. The van der Waals surface area contributed by atoms with Crippen LogP contribution in [0.3, 0.4) is 0 Å². The molecule has 0 saturated carbocycles.